The van der Waals surface area contributed by atoms with Crippen LogP contribution >= 0.6 is 0 Å². The van der Waals surface area contributed by atoms with E-state index in [9.17, 15) is 5.11 Å². The Morgan fingerprint density at radius 2 is 2.00 bits per heavy atom. The summed E-state index contributed by atoms with van der Waals surface area (Å²) >= 11 is 0. The lowest BCUT2D eigenvalue weighted by molar-refractivity contribution is 0.0396. The van der Waals surface area contributed by atoms with Crippen LogP contribution in [0.1, 0.15) is 6.92 Å². The van der Waals surface area contributed by atoms with Gasteiger partial charge in [-0.1, -0.05) is 0 Å². The zero-order valence-corrected chi connectivity index (χ0v) is 9.70. The van der Waals surface area contributed by atoms with Crippen LogP contribution in [0.5, 0.6) is 0 Å². The van der Waals surface area contributed by atoms with E-state index in [2.05, 4.69) is 5.32 Å². The summed E-state index contributed by atoms with van der Waals surface area (Å²) < 4.78 is 15.1. The second-order valence-corrected chi connectivity index (χ2v) is 3.12. The van der Waals surface area contributed by atoms with E-state index in [1.165, 1.54) is 0 Å². The summed E-state index contributed by atoms with van der Waals surface area (Å²) in [5.41, 5.74) is 0. The van der Waals surface area contributed by atoms with Crippen LogP contribution in [0.4, 0.5) is 0 Å². The molecule has 0 aliphatic carbocycles. The van der Waals surface area contributed by atoms with Gasteiger partial charge in [-0.3, -0.25) is 0 Å². The van der Waals surface area contributed by atoms with E-state index >= 15 is 0 Å². The third kappa shape index (κ3) is 11.7. The Morgan fingerprint density at radius 3 is 2.67 bits per heavy atom. The second-order valence-electron chi connectivity index (χ2n) is 3.12. The molecule has 0 amide bonds. The van der Waals surface area contributed by atoms with Gasteiger partial charge >= 0.3 is 0 Å². The molecule has 0 fully saturated rings. The minimum atomic E-state index is -0.441. The van der Waals surface area contributed by atoms with E-state index in [0.717, 1.165) is 6.54 Å². The van der Waals surface area contributed by atoms with E-state index in [-0.39, 0.29) is 0 Å². The van der Waals surface area contributed by atoms with Crippen molar-refractivity contribution >= 4 is 0 Å². The van der Waals surface area contributed by atoms with Gasteiger partial charge in [-0.25, -0.2) is 0 Å². The molecule has 0 spiro atoms. The van der Waals surface area contributed by atoms with Crippen molar-refractivity contribution < 1.29 is 19.3 Å². The molecule has 0 aliphatic heterocycles. The van der Waals surface area contributed by atoms with Crippen LogP contribution < -0.4 is 5.32 Å². The van der Waals surface area contributed by atoms with E-state index in [1.54, 1.807) is 7.11 Å². The molecule has 0 aromatic carbocycles. The fourth-order valence-electron chi connectivity index (χ4n) is 0.970. The Balaban J connectivity index is 3.02. The molecule has 15 heavy (non-hydrogen) atoms. The first-order valence-corrected chi connectivity index (χ1v) is 5.34. The van der Waals surface area contributed by atoms with Gasteiger partial charge in [-0.15, -0.1) is 0 Å². The molecule has 0 bridgehead atoms. The third-order valence-electron chi connectivity index (χ3n) is 1.75. The highest BCUT2D eigenvalue weighted by Crippen LogP contribution is 1.83. The molecule has 5 nitrogen and oxygen atoms in total. The number of hydrogen-bond donors (Lipinski definition) is 2. The molecule has 0 aromatic heterocycles. The highest BCUT2D eigenvalue weighted by Gasteiger charge is 2.01. The van der Waals surface area contributed by atoms with Crippen molar-refractivity contribution in [3.8, 4) is 0 Å². The van der Waals surface area contributed by atoms with Gasteiger partial charge in [0.2, 0.25) is 0 Å². The Kier molecular flexibility index (Phi) is 11.7. The molecule has 2 N–H and O–H groups in total. The molecular formula is C10H23NO4. The number of nitrogens with one attached hydrogen (secondary N) is 1. The van der Waals surface area contributed by atoms with Gasteiger partial charge in [-0.2, -0.15) is 0 Å². The summed E-state index contributed by atoms with van der Waals surface area (Å²) in [6.45, 7) is 6.05. The normalized spacial score (nSPS) is 13.0. The van der Waals surface area contributed by atoms with E-state index in [0.29, 0.717) is 39.6 Å². The van der Waals surface area contributed by atoms with Crippen molar-refractivity contribution in [1.29, 1.82) is 0 Å². The molecule has 0 aromatic rings. The van der Waals surface area contributed by atoms with Crippen molar-refractivity contribution in [1.82, 2.24) is 5.32 Å². The molecular weight excluding hydrogens is 198 g/mol. The number of hydrogen-bond acceptors (Lipinski definition) is 5. The first-order chi connectivity index (χ1) is 7.31. The Labute approximate surface area is 91.7 Å². The predicted octanol–water partition coefficient (Wildman–Crippen LogP) is -0.364. The fourth-order valence-corrected chi connectivity index (χ4v) is 0.970. The first-order valence-electron chi connectivity index (χ1n) is 5.34. The lowest BCUT2D eigenvalue weighted by atomic mass is 10.4. The minimum Gasteiger partial charge on any atom is -0.389 e. The van der Waals surface area contributed by atoms with Crippen LogP contribution in [0.2, 0.25) is 0 Å². The van der Waals surface area contributed by atoms with Crippen LogP contribution in [0.3, 0.4) is 0 Å². The number of ether oxygens (including phenoxy) is 3. The Bertz CT molecular complexity index is 124. The van der Waals surface area contributed by atoms with Gasteiger partial charge in [0.1, 0.15) is 0 Å². The Morgan fingerprint density at radius 1 is 1.20 bits per heavy atom. The summed E-state index contributed by atoms with van der Waals surface area (Å²) in [6, 6.07) is 0. The van der Waals surface area contributed by atoms with Gasteiger partial charge in [0.05, 0.1) is 32.5 Å². The average Bonchev–Trinajstić information content (AvgIpc) is 2.25. The van der Waals surface area contributed by atoms with Crippen LogP contribution in [-0.4, -0.2) is 64.4 Å². The third-order valence-corrected chi connectivity index (χ3v) is 1.75. The van der Waals surface area contributed by atoms with Gasteiger partial charge < -0.3 is 24.6 Å². The summed E-state index contributed by atoms with van der Waals surface area (Å²) in [4.78, 5) is 0. The van der Waals surface area contributed by atoms with Crippen LogP contribution in [0.25, 0.3) is 0 Å². The highest BCUT2D eigenvalue weighted by atomic mass is 16.5. The molecule has 0 aliphatic rings. The largest absolute Gasteiger partial charge is 0.389 e. The monoisotopic (exact) mass is 221 g/mol. The topological polar surface area (TPSA) is 60.0 Å². The average molecular weight is 221 g/mol. The number of aliphatic hydroxyl groups is 1. The molecule has 0 saturated heterocycles. The highest BCUT2D eigenvalue weighted by molar-refractivity contribution is 4.57. The van der Waals surface area contributed by atoms with E-state index < -0.39 is 6.10 Å². The maximum Gasteiger partial charge on any atom is 0.0897 e. The molecule has 1 unspecified atom stereocenters. The van der Waals surface area contributed by atoms with E-state index in [1.807, 2.05) is 6.92 Å². The molecule has 1 atom stereocenters. The maximum absolute atomic E-state index is 9.37. The van der Waals surface area contributed by atoms with E-state index in [4.69, 9.17) is 14.2 Å². The molecule has 0 rings (SSSR count). The van der Waals surface area contributed by atoms with Crippen LogP contribution in [0, 0.1) is 0 Å². The van der Waals surface area contributed by atoms with Gasteiger partial charge in [0.15, 0.2) is 0 Å². The quantitative estimate of drug-likeness (QED) is 0.466. The summed E-state index contributed by atoms with van der Waals surface area (Å²) in [7, 11) is 1.64. The van der Waals surface area contributed by atoms with Crippen molar-refractivity contribution in [2.75, 3.05) is 53.2 Å². The van der Waals surface area contributed by atoms with Crippen molar-refractivity contribution in [2.24, 2.45) is 0 Å². The zero-order valence-electron chi connectivity index (χ0n) is 9.70. The number of rotatable bonds is 11. The number of aliphatic hydroxyl groups excluding tert-OH is 1. The SMILES string of the molecule is CCOCC(O)CNCCOCCOC. The maximum atomic E-state index is 9.37. The molecule has 92 valence electrons. The summed E-state index contributed by atoms with van der Waals surface area (Å²) in [5.74, 6) is 0. The van der Waals surface area contributed by atoms with Crippen molar-refractivity contribution in [2.45, 2.75) is 13.0 Å². The van der Waals surface area contributed by atoms with Crippen LogP contribution in [-0.2, 0) is 14.2 Å². The van der Waals surface area contributed by atoms with Gasteiger partial charge in [-0.05, 0) is 6.92 Å². The summed E-state index contributed by atoms with van der Waals surface area (Å²) in [6.07, 6.45) is -0.441. The van der Waals surface area contributed by atoms with Crippen molar-refractivity contribution in [3.63, 3.8) is 0 Å². The second kappa shape index (κ2) is 11.9. The predicted molar refractivity (Wildman–Crippen MR) is 58.1 cm³/mol. The molecule has 5 heteroatoms. The summed E-state index contributed by atoms with van der Waals surface area (Å²) in [5, 5.41) is 12.4. The van der Waals surface area contributed by atoms with Crippen molar-refractivity contribution in [3.05, 3.63) is 0 Å². The molecule has 0 radical (unpaired) electrons. The Hall–Kier alpha value is -0.200. The first kappa shape index (κ1) is 14.8. The van der Waals surface area contributed by atoms with Gasteiger partial charge in [0, 0.05) is 26.8 Å². The lowest BCUT2D eigenvalue weighted by Gasteiger charge is -2.11. The fraction of sp³-hybridized carbons (Fsp3) is 1.00. The van der Waals surface area contributed by atoms with Gasteiger partial charge in [0.25, 0.3) is 0 Å². The standard InChI is InChI=1S/C10H23NO4/c1-3-14-9-10(12)8-11-4-5-15-7-6-13-2/h10-12H,3-9H2,1-2H3. The number of methoxy groups -OCH3 is 1. The smallest absolute Gasteiger partial charge is 0.0897 e. The molecule has 0 heterocycles. The molecule has 0 saturated carbocycles. The zero-order chi connectivity index (χ0) is 11.4. The van der Waals surface area contributed by atoms with Crippen LogP contribution in [0.15, 0.2) is 0 Å². The lowest BCUT2D eigenvalue weighted by Crippen LogP contribution is -2.32. The minimum absolute atomic E-state index is 0.383.